The third-order valence-electron chi connectivity index (χ3n) is 3.00. The van der Waals surface area contributed by atoms with E-state index in [0.717, 1.165) is 19.8 Å². The van der Waals surface area contributed by atoms with Gasteiger partial charge in [0.25, 0.3) is 0 Å². The van der Waals surface area contributed by atoms with Crippen molar-refractivity contribution in [2.24, 2.45) is 11.7 Å². The fraction of sp³-hybridized carbons (Fsp3) is 1.00. The molecule has 0 aliphatic carbocycles. The predicted octanol–water partition coefficient (Wildman–Crippen LogP) is 0.690. The van der Waals surface area contributed by atoms with E-state index in [1.54, 1.807) is 0 Å². The topological polar surface area (TPSA) is 38.5 Å². The van der Waals surface area contributed by atoms with Crippen molar-refractivity contribution in [3.05, 3.63) is 0 Å². The highest BCUT2D eigenvalue weighted by Gasteiger charge is 2.22. The van der Waals surface area contributed by atoms with Crippen molar-refractivity contribution in [3.63, 3.8) is 0 Å². The Morgan fingerprint density at radius 3 is 2.69 bits per heavy atom. The molecule has 0 aromatic rings. The summed E-state index contributed by atoms with van der Waals surface area (Å²) in [6.07, 6.45) is 1.17. The van der Waals surface area contributed by atoms with E-state index in [1.165, 1.54) is 6.42 Å². The minimum absolute atomic E-state index is 0.282. The highest BCUT2D eigenvalue weighted by Crippen LogP contribution is 2.13. The lowest BCUT2D eigenvalue weighted by Crippen LogP contribution is -2.39. The maximum Gasteiger partial charge on any atom is 0.0622 e. The molecule has 0 spiro atoms. The van der Waals surface area contributed by atoms with E-state index in [0.29, 0.717) is 12.0 Å². The molecule has 1 fully saturated rings. The zero-order chi connectivity index (χ0) is 9.84. The molecule has 0 aromatic heterocycles. The molecule has 78 valence electrons. The van der Waals surface area contributed by atoms with Gasteiger partial charge in [0.2, 0.25) is 0 Å². The predicted molar refractivity (Wildman–Crippen MR) is 54.7 cm³/mol. The summed E-state index contributed by atoms with van der Waals surface area (Å²) >= 11 is 0. The van der Waals surface area contributed by atoms with Crippen LogP contribution in [0.25, 0.3) is 0 Å². The Labute approximate surface area is 81.2 Å². The van der Waals surface area contributed by atoms with E-state index in [2.05, 4.69) is 25.8 Å². The minimum Gasteiger partial charge on any atom is -0.380 e. The second-order valence-electron chi connectivity index (χ2n) is 4.29. The Bertz CT molecular complexity index is 144. The standard InChI is InChI=1S/C10H22N2O/c1-8(9(2)11)6-12(3)10-4-5-13-7-10/h8-10H,4-7,11H2,1-3H3. The smallest absolute Gasteiger partial charge is 0.0622 e. The number of likely N-dealkylation sites (N-methyl/N-ethyl adjacent to an activating group) is 1. The Hall–Kier alpha value is -0.120. The van der Waals surface area contributed by atoms with E-state index in [1.807, 2.05) is 0 Å². The zero-order valence-corrected chi connectivity index (χ0v) is 8.99. The van der Waals surface area contributed by atoms with E-state index >= 15 is 0 Å². The van der Waals surface area contributed by atoms with Crippen molar-refractivity contribution in [1.29, 1.82) is 0 Å². The lowest BCUT2D eigenvalue weighted by molar-refractivity contribution is 0.148. The molecule has 0 amide bonds. The molecular weight excluding hydrogens is 164 g/mol. The molecule has 3 unspecified atom stereocenters. The Morgan fingerprint density at radius 1 is 1.54 bits per heavy atom. The van der Waals surface area contributed by atoms with Gasteiger partial charge in [0.1, 0.15) is 0 Å². The molecule has 3 nitrogen and oxygen atoms in total. The van der Waals surface area contributed by atoms with E-state index < -0.39 is 0 Å². The van der Waals surface area contributed by atoms with Crippen LogP contribution in [0.5, 0.6) is 0 Å². The molecule has 0 radical (unpaired) electrons. The van der Waals surface area contributed by atoms with Gasteiger partial charge in [0.15, 0.2) is 0 Å². The van der Waals surface area contributed by atoms with E-state index in [4.69, 9.17) is 10.5 Å². The molecule has 1 heterocycles. The van der Waals surface area contributed by atoms with Gasteiger partial charge in [-0.1, -0.05) is 6.92 Å². The summed E-state index contributed by atoms with van der Waals surface area (Å²) in [7, 11) is 2.16. The second kappa shape index (κ2) is 4.94. The number of nitrogens with zero attached hydrogens (tertiary/aromatic N) is 1. The summed E-state index contributed by atoms with van der Waals surface area (Å²) < 4.78 is 5.35. The van der Waals surface area contributed by atoms with Crippen molar-refractivity contribution in [2.45, 2.75) is 32.4 Å². The van der Waals surface area contributed by atoms with Gasteiger partial charge in [-0.2, -0.15) is 0 Å². The largest absolute Gasteiger partial charge is 0.380 e. The molecule has 1 saturated heterocycles. The van der Waals surface area contributed by atoms with Crippen molar-refractivity contribution >= 4 is 0 Å². The Morgan fingerprint density at radius 2 is 2.23 bits per heavy atom. The molecule has 0 bridgehead atoms. The van der Waals surface area contributed by atoms with Crippen molar-refractivity contribution in [2.75, 3.05) is 26.8 Å². The van der Waals surface area contributed by atoms with Crippen LogP contribution in [0.4, 0.5) is 0 Å². The summed E-state index contributed by atoms with van der Waals surface area (Å²) in [6, 6.07) is 0.894. The van der Waals surface area contributed by atoms with Gasteiger partial charge in [-0.25, -0.2) is 0 Å². The average Bonchev–Trinajstić information content (AvgIpc) is 2.55. The average molecular weight is 186 g/mol. The van der Waals surface area contributed by atoms with Crippen LogP contribution in [0, 0.1) is 5.92 Å². The summed E-state index contributed by atoms with van der Waals surface area (Å²) in [5.74, 6) is 0.561. The third kappa shape index (κ3) is 3.25. The quantitative estimate of drug-likeness (QED) is 0.702. The first-order valence-corrected chi connectivity index (χ1v) is 5.15. The van der Waals surface area contributed by atoms with E-state index in [9.17, 15) is 0 Å². The molecule has 13 heavy (non-hydrogen) atoms. The highest BCUT2D eigenvalue weighted by molar-refractivity contribution is 4.76. The summed E-state index contributed by atoms with van der Waals surface area (Å²) in [6.45, 7) is 7.16. The first kappa shape index (κ1) is 11.0. The highest BCUT2D eigenvalue weighted by atomic mass is 16.5. The Balaban J connectivity index is 2.26. The van der Waals surface area contributed by atoms with Gasteiger partial charge < -0.3 is 15.4 Å². The summed E-state index contributed by atoms with van der Waals surface area (Å²) in [5.41, 5.74) is 5.82. The van der Waals surface area contributed by atoms with Crippen LogP contribution < -0.4 is 5.73 Å². The molecular formula is C10H22N2O. The number of rotatable bonds is 4. The van der Waals surface area contributed by atoms with Gasteiger partial charge in [-0.3, -0.25) is 0 Å². The van der Waals surface area contributed by atoms with Gasteiger partial charge in [0.05, 0.1) is 6.61 Å². The first-order valence-electron chi connectivity index (χ1n) is 5.15. The maximum atomic E-state index is 5.82. The number of nitrogens with two attached hydrogens (primary N) is 1. The van der Waals surface area contributed by atoms with Crippen molar-refractivity contribution in [3.8, 4) is 0 Å². The molecule has 3 atom stereocenters. The lowest BCUT2D eigenvalue weighted by atomic mass is 10.0. The molecule has 3 heteroatoms. The molecule has 1 aliphatic rings. The summed E-state index contributed by atoms with van der Waals surface area (Å²) in [4.78, 5) is 2.38. The van der Waals surface area contributed by atoms with Gasteiger partial charge in [-0.15, -0.1) is 0 Å². The number of hydrogen-bond donors (Lipinski definition) is 1. The van der Waals surface area contributed by atoms with Crippen LogP contribution >= 0.6 is 0 Å². The third-order valence-corrected chi connectivity index (χ3v) is 3.00. The van der Waals surface area contributed by atoms with Crippen LogP contribution in [0.1, 0.15) is 20.3 Å². The van der Waals surface area contributed by atoms with Gasteiger partial charge in [-0.05, 0) is 26.3 Å². The summed E-state index contributed by atoms with van der Waals surface area (Å²) in [5, 5.41) is 0. The van der Waals surface area contributed by atoms with Crippen LogP contribution in [-0.2, 0) is 4.74 Å². The van der Waals surface area contributed by atoms with Crippen LogP contribution in [-0.4, -0.2) is 43.8 Å². The monoisotopic (exact) mass is 186 g/mol. The minimum atomic E-state index is 0.282. The SMILES string of the molecule is CC(N)C(C)CN(C)C1CCOC1. The maximum absolute atomic E-state index is 5.82. The first-order chi connectivity index (χ1) is 6.11. The van der Waals surface area contributed by atoms with Crippen LogP contribution in [0.3, 0.4) is 0 Å². The Kier molecular flexibility index (Phi) is 4.16. The fourth-order valence-electron chi connectivity index (χ4n) is 1.64. The van der Waals surface area contributed by atoms with Crippen LogP contribution in [0.15, 0.2) is 0 Å². The number of ether oxygens (including phenoxy) is 1. The molecule has 0 aromatic carbocycles. The van der Waals surface area contributed by atoms with Gasteiger partial charge in [0, 0.05) is 25.2 Å². The van der Waals surface area contributed by atoms with E-state index in [-0.39, 0.29) is 6.04 Å². The fourth-order valence-corrected chi connectivity index (χ4v) is 1.64. The molecule has 2 N–H and O–H groups in total. The normalized spacial score (nSPS) is 27.9. The molecule has 1 aliphatic heterocycles. The lowest BCUT2D eigenvalue weighted by Gasteiger charge is -2.27. The second-order valence-corrected chi connectivity index (χ2v) is 4.29. The molecule has 0 saturated carbocycles. The number of hydrogen-bond acceptors (Lipinski definition) is 3. The molecule has 1 rings (SSSR count). The van der Waals surface area contributed by atoms with Gasteiger partial charge >= 0.3 is 0 Å². The van der Waals surface area contributed by atoms with Crippen LogP contribution in [0.2, 0.25) is 0 Å². The van der Waals surface area contributed by atoms with Crippen molar-refractivity contribution < 1.29 is 4.74 Å². The zero-order valence-electron chi connectivity index (χ0n) is 8.99. The van der Waals surface area contributed by atoms with Crippen molar-refractivity contribution in [1.82, 2.24) is 4.90 Å².